The summed E-state index contributed by atoms with van der Waals surface area (Å²) in [5.74, 6) is -0.783. The second-order valence-corrected chi connectivity index (χ2v) is 6.49. The Balaban J connectivity index is 1.57. The molecule has 29 heavy (non-hydrogen) atoms. The van der Waals surface area contributed by atoms with Crippen LogP contribution in [0.3, 0.4) is 0 Å². The summed E-state index contributed by atoms with van der Waals surface area (Å²) < 4.78 is 30.5. The van der Waals surface area contributed by atoms with E-state index in [1.54, 1.807) is 12.1 Å². The number of anilines is 2. The van der Waals surface area contributed by atoms with E-state index >= 15 is 0 Å². The lowest BCUT2D eigenvalue weighted by molar-refractivity contribution is -0.385. The number of nitro benzene ring substituents is 1. The minimum atomic E-state index is -0.743. The fourth-order valence-electron chi connectivity index (χ4n) is 3.25. The first-order valence-corrected chi connectivity index (χ1v) is 9.04. The van der Waals surface area contributed by atoms with Crippen molar-refractivity contribution >= 4 is 23.0 Å². The number of ether oxygens (including phenoxy) is 3. The normalized spacial score (nSPS) is 15.7. The molecule has 2 aromatic rings. The second-order valence-electron chi connectivity index (χ2n) is 6.49. The molecule has 2 aliphatic heterocycles. The number of nitrogens with zero attached hydrogens (tertiary/aromatic N) is 2. The summed E-state index contributed by atoms with van der Waals surface area (Å²) in [5.41, 5.74) is -0.0145. The Labute approximate surface area is 165 Å². The molecule has 1 N–H and O–H groups in total. The van der Waals surface area contributed by atoms with Crippen LogP contribution in [0.15, 0.2) is 30.3 Å². The Morgan fingerprint density at radius 2 is 1.76 bits per heavy atom. The van der Waals surface area contributed by atoms with Crippen LogP contribution in [0.2, 0.25) is 0 Å². The van der Waals surface area contributed by atoms with Crippen molar-refractivity contribution in [1.29, 1.82) is 0 Å². The van der Waals surface area contributed by atoms with Gasteiger partial charge in [-0.1, -0.05) is 0 Å². The lowest BCUT2D eigenvalue weighted by Crippen LogP contribution is -2.36. The third-order valence-corrected chi connectivity index (χ3v) is 4.66. The number of nitro groups is 1. The summed E-state index contributed by atoms with van der Waals surface area (Å²) in [6.45, 7) is 2.74. The number of morpholine rings is 1. The molecule has 152 valence electrons. The first kappa shape index (κ1) is 18.9. The topological polar surface area (TPSA) is 103 Å². The number of hydrogen-bond donors (Lipinski definition) is 1. The van der Waals surface area contributed by atoms with E-state index in [2.05, 4.69) is 5.32 Å². The molecular weight excluding hydrogens is 385 g/mol. The third kappa shape index (κ3) is 3.92. The standard InChI is InChI=1S/C19H18FN3O6/c20-14-9-12(1-2-15(14)22-3-5-27-6-4-22)21-19(24)13-10-17-18(29-8-7-28-17)11-16(13)23(25)26/h1-2,9-11H,3-8H2,(H,21,24). The van der Waals surface area contributed by atoms with Crippen LogP contribution in [0.5, 0.6) is 11.5 Å². The Morgan fingerprint density at radius 3 is 2.41 bits per heavy atom. The van der Waals surface area contributed by atoms with Crippen molar-refractivity contribution < 1.29 is 28.3 Å². The molecule has 0 aliphatic carbocycles. The molecule has 1 fully saturated rings. The second kappa shape index (κ2) is 7.92. The highest BCUT2D eigenvalue weighted by Crippen LogP contribution is 2.37. The average Bonchev–Trinajstić information content (AvgIpc) is 2.73. The van der Waals surface area contributed by atoms with Crippen molar-refractivity contribution in [2.45, 2.75) is 0 Å². The Morgan fingerprint density at radius 1 is 1.07 bits per heavy atom. The maximum absolute atomic E-state index is 14.5. The molecule has 0 aromatic heterocycles. The summed E-state index contributed by atoms with van der Waals surface area (Å²) >= 11 is 0. The SMILES string of the molecule is O=C(Nc1ccc(N2CCOCC2)c(F)c1)c1cc2c(cc1[N+](=O)[O-])OCCO2. The maximum atomic E-state index is 14.5. The minimum absolute atomic E-state index is 0.189. The van der Waals surface area contributed by atoms with Gasteiger partial charge in [-0.05, 0) is 18.2 Å². The van der Waals surface area contributed by atoms with Gasteiger partial charge in [-0.3, -0.25) is 14.9 Å². The minimum Gasteiger partial charge on any atom is -0.486 e. The molecular formula is C19H18FN3O6. The molecule has 0 atom stereocenters. The predicted molar refractivity (Wildman–Crippen MR) is 101 cm³/mol. The number of halogens is 1. The molecule has 4 rings (SSSR count). The molecule has 2 aliphatic rings. The molecule has 0 spiro atoms. The van der Waals surface area contributed by atoms with Crippen LogP contribution in [0.1, 0.15) is 10.4 Å². The summed E-state index contributed by atoms with van der Waals surface area (Å²) in [4.78, 5) is 25.2. The summed E-state index contributed by atoms with van der Waals surface area (Å²) in [5, 5.41) is 13.9. The highest BCUT2D eigenvalue weighted by atomic mass is 19.1. The number of hydrogen-bond acceptors (Lipinski definition) is 7. The monoisotopic (exact) mass is 403 g/mol. The van der Waals surface area contributed by atoms with Crippen LogP contribution in [0, 0.1) is 15.9 Å². The number of carbonyl (C=O) groups is 1. The quantitative estimate of drug-likeness (QED) is 0.618. The van der Waals surface area contributed by atoms with Crippen LogP contribution < -0.4 is 19.7 Å². The van der Waals surface area contributed by atoms with Gasteiger partial charge in [0.1, 0.15) is 24.6 Å². The van der Waals surface area contributed by atoms with E-state index in [9.17, 15) is 19.3 Å². The molecule has 2 aromatic carbocycles. The first-order chi connectivity index (χ1) is 14.0. The molecule has 9 nitrogen and oxygen atoms in total. The Hall–Kier alpha value is -3.40. The summed E-state index contributed by atoms with van der Waals surface area (Å²) in [7, 11) is 0. The van der Waals surface area contributed by atoms with E-state index in [1.165, 1.54) is 12.1 Å². The van der Waals surface area contributed by atoms with Crippen molar-refractivity contribution in [3.05, 3.63) is 51.8 Å². The van der Waals surface area contributed by atoms with Crippen molar-refractivity contribution in [3.63, 3.8) is 0 Å². The van der Waals surface area contributed by atoms with E-state index in [-0.39, 0.29) is 36.0 Å². The van der Waals surface area contributed by atoms with Gasteiger partial charge >= 0.3 is 0 Å². The van der Waals surface area contributed by atoms with E-state index in [4.69, 9.17) is 14.2 Å². The van der Waals surface area contributed by atoms with E-state index in [0.717, 1.165) is 6.07 Å². The average molecular weight is 403 g/mol. The maximum Gasteiger partial charge on any atom is 0.286 e. The van der Waals surface area contributed by atoms with Gasteiger partial charge < -0.3 is 24.4 Å². The number of benzene rings is 2. The van der Waals surface area contributed by atoms with Crippen LogP contribution in [0.25, 0.3) is 0 Å². The molecule has 0 saturated carbocycles. The number of rotatable bonds is 4. The van der Waals surface area contributed by atoms with Gasteiger partial charge in [-0.25, -0.2) is 4.39 Å². The van der Waals surface area contributed by atoms with Crippen molar-refractivity contribution in [2.75, 3.05) is 49.7 Å². The van der Waals surface area contributed by atoms with Gasteiger partial charge in [-0.2, -0.15) is 0 Å². The van der Waals surface area contributed by atoms with E-state index in [0.29, 0.717) is 32.0 Å². The Kier molecular flexibility index (Phi) is 5.17. The number of nitrogens with one attached hydrogen (secondary N) is 1. The van der Waals surface area contributed by atoms with Gasteiger partial charge in [0.05, 0.1) is 29.9 Å². The van der Waals surface area contributed by atoms with E-state index in [1.807, 2.05) is 4.90 Å². The fourth-order valence-corrected chi connectivity index (χ4v) is 3.25. The smallest absolute Gasteiger partial charge is 0.286 e. The molecule has 0 unspecified atom stereocenters. The molecule has 10 heteroatoms. The van der Waals surface area contributed by atoms with Gasteiger partial charge in [0.2, 0.25) is 0 Å². The van der Waals surface area contributed by atoms with Crippen LogP contribution >= 0.6 is 0 Å². The highest BCUT2D eigenvalue weighted by Gasteiger charge is 2.26. The summed E-state index contributed by atoms with van der Waals surface area (Å²) in [6.07, 6.45) is 0. The highest BCUT2D eigenvalue weighted by molar-refractivity contribution is 6.07. The Bertz CT molecular complexity index is 961. The summed E-state index contributed by atoms with van der Waals surface area (Å²) in [6, 6.07) is 6.72. The van der Waals surface area contributed by atoms with Crippen molar-refractivity contribution in [1.82, 2.24) is 0 Å². The van der Waals surface area contributed by atoms with E-state index < -0.39 is 22.3 Å². The lowest BCUT2D eigenvalue weighted by atomic mass is 10.1. The van der Waals surface area contributed by atoms with Crippen molar-refractivity contribution in [2.24, 2.45) is 0 Å². The lowest BCUT2D eigenvalue weighted by Gasteiger charge is -2.29. The predicted octanol–water partition coefficient (Wildman–Crippen LogP) is 2.59. The zero-order valence-electron chi connectivity index (χ0n) is 15.4. The van der Waals surface area contributed by atoms with Gasteiger partial charge in [0.25, 0.3) is 11.6 Å². The van der Waals surface area contributed by atoms with Gasteiger partial charge in [-0.15, -0.1) is 0 Å². The van der Waals surface area contributed by atoms with Crippen LogP contribution in [0.4, 0.5) is 21.5 Å². The fraction of sp³-hybridized carbons (Fsp3) is 0.316. The zero-order valence-corrected chi connectivity index (χ0v) is 15.4. The third-order valence-electron chi connectivity index (χ3n) is 4.66. The van der Waals surface area contributed by atoms with Gasteiger partial charge in [0, 0.05) is 24.8 Å². The number of amides is 1. The molecule has 0 bridgehead atoms. The van der Waals surface area contributed by atoms with Crippen LogP contribution in [-0.2, 0) is 4.74 Å². The molecule has 0 radical (unpaired) electrons. The largest absolute Gasteiger partial charge is 0.486 e. The first-order valence-electron chi connectivity index (χ1n) is 9.04. The van der Waals surface area contributed by atoms with Crippen molar-refractivity contribution in [3.8, 4) is 11.5 Å². The zero-order chi connectivity index (χ0) is 20.4. The number of carbonyl (C=O) groups excluding carboxylic acids is 1. The molecule has 1 saturated heterocycles. The molecule has 1 amide bonds. The molecule has 2 heterocycles. The van der Waals surface area contributed by atoms with Crippen LogP contribution in [-0.4, -0.2) is 50.3 Å². The number of fused-ring (bicyclic) bond motifs is 1. The van der Waals surface area contributed by atoms with Gasteiger partial charge in [0.15, 0.2) is 11.5 Å².